The van der Waals surface area contributed by atoms with Gasteiger partial charge in [0.1, 0.15) is 18.2 Å². The third kappa shape index (κ3) is 3.19. The Morgan fingerprint density at radius 1 is 1.30 bits per heavy atom. The van der Waals surface area contributed by atoms with Gasteiger partial charge < -0.3 is 15.6 Å². The van der Waals surface area contributed by atoms with Crippen LogP contribution in [0.3, 0.4) is 0 Å². The first kappa shape index (κ1) is 14.1. The van der Waals surface area contributed by atoms with E-state index in [1.54, 1.807) is 0 Å². The van der Waals surface area contributed by atoms with E-state index in [0.29, 0.717) is 11.3 Å². The Morgan fingerprint density at radius 2 is 2.05 bits per heavy atom. The number of carboxylic acids is 1. The largest absolute Gasteiger partial charge is 0.489 e. The van der Waals surface area contributed by atoms with E-state index in [-0.39, 0.29) is 22.9 Å². The van der Waals surface area contributed by atoms with E-state index in [1.165, 1.54) is 36.4 Å². The molecule has 0 aliphatic rings. The zero-order valence-electron chi connectivity index (χ0n) is 10.3. The van der Waals surface area contributed by atoms with Crippen molar-refractivity contribution in [3.63, 3.8) is 0 Å². The molecule has 0 unspecified atom stereocenters. The van der Waals surface area contributed by atoms with Crippen LogP contribution in [0.25, 0.3) is 0 Å². The van der Waals surface area contributed by atoms with Gasteiger partial charge in [0.15, 0.2) is 0 Å². The van der Waals surface area contributed by atoms with Crippen molar-refractivity contribution in [2.24, 2.45) is 0 Å². The minimum absolute atomic E-state index is 0.0113. The summed E-state index contributed by atoms with van der Waals surface area (Å²) in [5.41, 5.74) is 6.35. The van der Waals surface area contributed by atoms with Crippen molar-refractivity contribution >= 4 is 23.3 Å². The Hall–Kier alpha value is -2.27. The molecular formula is C14H11ClFNO3. The van der Waals surface area contributed by atoms with Gasteiger partial charge in [-0.15, -0.1) is 0 Å². The Kier molecular flexibility index (Phi) is 4.10. The van der Waals surface area contributed by atoms with Gasteiger partial charge in [-0.1, -0.05) is 17.7 Å². The molecule has 0 saturated heterocycles. The molecule has 0 fully saturated rings. The summed E-state index contributed by atoms with van der Waals surface area (Å²) >= 11 is 5.87. The monoisotopic (exact) mass is 295 g/mol. The van der Waals surface area contributed by atoms with Gasteiger partial charge in [-0.05, 0) is 24.3 Å². The number of nitrogens with two attached hydrogens (primary N) is 1. The highest BCUT2D eigenvalue weighted by Gasteiger charge is 2.09. The van der Waals surface area contributed by atoms with Gasteiger partial charge in [0.2, 0.25) is 0 Å². The molecule has 0 amide bonds. The van der Waals surface area contributed by atoms with E-state index < -0.39 is 11.8 Å². The Balaban J connectivity index is 2.11. The maximum absolute atomic E-state index is 12.9. The number of rotatable bonds is 4. The summed E-state index contributed by atoms with van der Waals surface area (Å²) in [5.74, 6) is -1.11. The number of halogens is 2. The average Bonchev–Trinajstić information content (AvgIpc) is 2.37. The lowest BCUT2D eigenvalue weighted by atomic mass is 10.2. The number of nitrogen functional groups attached to an aromatic ring is 1. The van der Waals surface area contributed by atoms with Crippen molar-refractivity contribution in [1.82, 2.24) is 0 Å². The molecule has 0 aromatic heterocycles. The van der Waals surface area contributed by atoms with Crippen molar-refractivity contribution < 1.29 is 19.0 Å². The number of hydrogen-bond donors (Lipinski definition) is 2. The van der Waals surface area contributed by atoms with E-state index >= 15 is 0 Å². The van der Waals surface area contributed by atoms with E-state index in [2.05, 4.69) is 0 Å². The van der Waals surface area contributed by atoms with Gasteiger partial charge in [-0.3, -0.25) is 0 Å². The normalized spacial score (nSPS) is 10.3. The second-order valence-electron chi connectivity index (χ2n) is 4.08. The van der Waals surface area contributed by atoms with Crippen LogP contribution in [0.5, 0.6) is 5.75 Å². The summed E-state index contributed by atoms with van der Waals surface area (Å²) in [6, 6.07) is 8.28. The summed E-state index contributed by atoms with van der Waals surface area (Å²) < 4.78 is 18.3. The molecule has 4 nitrogen and oxygen atoms in total. The number of carboxylic acid groups (broad SMARTS) is 1. The van der Waals surface area contributed by atoms with Gasteiger partial charge >= 0.3 is 5.97 Å². The fourth-order valence-corrected chi connectivity index (χ4v) is 1.85. The summed E-state index contributed by atoms with van der Waals surface area (Å²) in [6.07, 6.45) is 0. The average molecular weight is 296 g/mol. The number of hydrogen-bond acceptors (Lipinski definition) is 3. The number of aromatic carboxylic acids is 1. The van der Waals surface area contributed by atoms with Gasteiger partial charge in [-0.2, -0.15) is 0 Å². The third-order valence-corrected chi connectivity index (χ3v) is 3.01. The molecule has 2 rings (SSSR count). The molecule has 0 bridgehead atoms. The highest BCUT2D eigenvalue weighted by atomic mass is 35.5. The first-order valence-corrected chi connectivity index (χ1v) is 6.04. The molecule has 2 aromatic rings. The van der Waals surface area contributed by atoms with Crippen LogP contribution in [0, 0.1) is 5.82 Å². The molecule has 0 saturated carbocycles. The van der Waals surface area contributed by atoms with Crippen LogP contribution in [0.4, 0.5) is 10.1 Å². The van der Waals surface area contributed by atoms with Crippen molar-refractivity contribution in [3.05, 3.63) is 58.4 Å². The molecule has 0 spiro atoms. The summed E-state index contributed by atoms with van der Waals surface area (Å²) in [7, 11) is 0. The van der Waals surface area contributed by atoms with E-state index in [4.69, 9.17) is 27.2 Å². The third-order valence-electron chi connectivity index (χ3n) is 2.66. The van der Waals surface area contributed by atoms with E-state index in [9.17, 15) is 9.18 Å². The molecule has 0 aliphatic heterocycles. The number of benzene rings is 2. The van der Waals surface area contributed by atoms with Crippen LogP contribution in [0.2, 0.25) is 5.02 Å². The fraction of sp³-hybridized carbons (Fsp3) is 0.0714. The Bertz CT molecular complexity index is 661. The predicted octanol–water partition coefficient (Wildman–Crippen LogP) is 3.34. The van der Waals surface area contributed by atoms with Crippen molar-refractivity contribution in [3.8, 4) is 5.75 Å². The first-order chi connectivity index (χ1) is 9.47. The van der Waals surface area contributed by atoms with Crippen LogP contribution >= 0.6 is 11.6 Å². The Labute approximate surface area is 119 Å². The number of carbonyl (C=O) groups is 1. The second-order valence-corrected chi connectivity index (χ2v) is 4.49. The minimum Gasteiger partial charge on any atom is -0.489 e. The highest BCUT2D eigenvalue weighted by Crippen LogP contribution is 2.23. The molecule has 0 aliphatic carbocycles. The smallest absolute Gasteiger partial charge is 0.337 e. The van der Waals surface area contributed by atoms with Crippen LogP contribution in [-0.2, 0) is 6.61 Å². The topological polar surface area (TPSA) is 72.5 Å². The highest BCUT2D eigenvalue weighted by molar-refractivity contribution is 6.31. The van der Waals surface area contributed by atoms with Crippen LogP contribution in [0.1, 0.15) is 15.9 Å². The molecule has 2 aromatic carbocycles. The van der Waals surface area contributed by atoms with Crippen LogP contribution in [-0.4, -0.2) is 11.1 Å². The molecule has 3 N–H and O–H groups in total. The maximum atomic E-state index is 12.9. The summed E-state index contributed by atoms with van der Waals surface area (Å²) in [6.45, 7) is 0.130. The number of ether oxygens (including phenoxy) is 1. The van der Waals surface area contributed by atoms with Gasteiger partial charge in [0.05, 0.1) is 10.6 Å². The molecule has 104 valence electrons. The van der Waals surface area contributed by atoms with Gasteiger partial charge in [-0.25, -0.2) is 9.18 Å². The van der Waals surface area contributed by atoms with E-state index in [1.807, 2.05) is 0 Å². The lowest BCUT2D eigenvalue weighted by Gasteiger charge is -2.09. The van der Waals surface area contributed by atoms with Gasteiger partial charge in [0.25, 0.3) is 0 Å². The van der Waals surface area contributed by atoms with Crippen LogP contribution in [0.15, 0.2) is 36.4 Å². The maximum Gasteiger partial charge on any atom is 0.337 e. The zero-order chi connectivity index (χ0) is 14.7. The standard InChI is InChI=1S/C14H11ClFNO3/c15-12-5-9(16)2-1-8(12)7-20-10-3-4-11(14(18)19)13(17)6-10/h1-6H,7,17H2,(H,18,19). The minimum atomic E-state index is -1.10. The molecular weight excluding hydrogens is 285 g/mol. The molecule has 20 heavy (non-hydrogen) atoms. The zero-order valence-corrected chi connectivity index (χ0v) is 11.0. The van der Waals surface area contributed by atoms with Crippen LogP contribution < -0.4 is 10.5 Å². The fourth-order valence-electron chi connectivity index (χ4n) is 1.63. The summed E-state index contributed by atoms with van der Waals surface area (Å²) in [5, 5.41) is 9.12. The lowest BCUT2D eigenvalue weighted by molar-refractivity contribution is 0.0698. The van der Waals surface area contributed by atoms with Crippen molar-refractivity contribution in [2.45, 2.75) is 6.61 Å². The second kappa shape index (κ2) is 5.79. The SMILES string of the molecule is Nc1cc(OCc2ccc(F)cc2Cl)ccc1C(=O)O. The predicted molar refractivity (Wildman–Crippen MR) is 73.6 cm³/mol. The molecule has 6 heteroatoms. The lowest BCUT2D eigenvalue weighted by Crippen LogP contribution is -2.03. The molecule has 0 radical (unpaired) electrons. The van der Waals surface area contributed by atoms with E-state index in [0.717, 1.165) is 0 Å². The summed E-state index contributed by atoms with van der Waals surface area (Å²) in [4.78, 5) is 10.8. The van der Waals surface area contributed by atoms with Gasteiger partial charge in [0, 0.05) is 17.3 Å². The number of anilines is 1. The quantitative estimate of drug-likeness (QED) is 0.849. The molecule has 0 atom stereocenters. The molecule has 0 heterocycles. The first-order valence-electron chi connectivity index (χ1n) is 5.67. The van der Waals surface area contributed by atoms with Crippen molar-refractivity contribution in [1.29, 1.82) is 0 Å². The van der Waals surface area contributed by atoms with Crippen molar-refractivity contribution in [2.75, 3.05) is 5.73 Å². The Morgan fingerprint density at radius 3 is 2.65 bits per heavy atom.